The van der Waals surface area contributed by atoms with Crippen molar-refractivity contribution in [1.82, 2.24) is 10.2 Å². The highest BCUT2D eigenvalue weighted by Gasteiger charge is 2.43. The number of fused-ring (bicyclic) bond motifs is 1. The van der Waals surface area contributed by atoms with Crippen LogP contribution in [0.4, 0.5) is 6.01 Å². The Labute approximate surface area is 88.1 Å². The predicted molar refractivity (Wildman–Crippen MR) is 53.5 cm³/mol. The summed E-state index contributed by atoms with van der Waals surface area (Å²) in [5, 5.41) is 17.6. The Bertz CT molecular complexity index is 365. The van der Waals surface area contributed by atoms with Crippen LogP contribution >= 0.6 is 0 Å². The Hall–Kier alpha value is -1.10. The summed E-state index contributed by atoms with van der Waals surface area (Å²) in [6.45, 7) is 3.60. The second-order valence-corrected chi connectivity index (χ2v) is 4.58. The summed E-state index contributed by atoms with van der Waals surface area (Å²) in [6, 6.07) is 0.606. The van der Waals surface area contributed by atoms with Crippen LogP contribution in [0.15, 0.2) is 4.42 Å². The molecule has 2 aliphatic rings. The molecule has 0 aromatic carbocycles. The maximum absolute atomic E-state index is 9.78. The first kappa shape index (κ1) is 9.15. The van der Waals surface area contributed by atoms with Gasteiger partial charge >= 0.3 is 6.01 Å². The Morgan fingerprint density at radius 2 is 2.20 bits per heavy atom. The van der Waals surface area contributed by atoms with Crippen molar-refractivity contribution < 1.29 is 9.52 Å². The van der Waals surface area contributed by atoms with E-state index in [2.05, 4.69) is 15.1 Å². The lowest BCUT2D eigenvalue weighted by Crippen LogP contribution is -2.24. The topological polar surface area (TPSA) is 62.4 Å². The van der Waals surface area contributed by atoms with E-state index in [-0.39, 0.29) is 6.10 Å². The van der Waals surface area contributed by atoms with E-state index >= 15 is 0 Å². The standard InChI is InChI=1S/C10H15N3O2/c1-6-11-12-10(15-6)13-4-7-2-3-9(14)8(7)5-13/h7-9,14H,2-5H2,1H3. The van der Waals surface area contributed by atoms with Crippen LogP contribution in [0.1, 0.15) is 18.7 Å². The zero-order chi connectivity index (χ0) is 10.4. The van der Waals surface area contributed by atoms with E-state index in [4.69, 9.17) is 4.42 Å². The molecule has 1 aromatic rings. The molecule has 3 rings (SSSR count). The third kappa shape index (κ3) is 1.42. The molecule has 0 amide bonds. The number of aliphatic hydroxyl groups excluding tert-OH is 1. The first-order chi connectivity index (χ1) is 7.24. The molecule has 15 heavy (non-hydrogen) atoms. The summed E-state index contributed by atoms with van der Waals surface area (Å²) in [5.41, 5.74) is 0. The summed E-state index contributed by atoms with van der Waals surface area (Å²) >= 11 is 0. The number of nitrogens with zero attached hydrogens (tertiary/aromatic N) is 3. The fourth-order valence-corrected chi connectivity index (χ4v) is 2.81. The fraction of sp³-hybridized carbons (Fsp3) is 0.800. The summed E-state index contributed by atoms with van der Waals surface area (Å²) < 4.78 is 5.39. The molecular formula is C10H15N3O2. The van der Waals surface area contributed by atoms with Crippen molar-refractivity contribution in [2.45, 2.75) is 25.9 Å². The molecular weight excluding hydrogens is 194 g/mol. The number of rotatable bonds is 1. The molecule has 82 valence electrons. The van der Waals surface area contributed by atoms with E-state index in [1.54, 1.807) is 6.92 Å². The molecule has 0 radical (unpaired) electrons. The lowest BCUT2D eigenvalue weighted by atomic mass is 10.00. The molecule has 1 saturated carbocycles. The number of anilines is 1. The van der Waals surface area contributed by atoms with Crippen molar-refractivity contribution in [1.29, 1.82) is 0 Å². The fourth-order valence-electron chi connectivity index (χ4n) is 2.81. The molecule has 1 saturated heterocycles. The van der Waals surface area contributed by atoms with Gasteiger partial charge in [-0.15, -0.1) is 5.10 Å². The number of aryl methyl sites for hydroxylation is 1. The molecule has 5 nitrogen and oxygen atoms in total. The SMILES string of the molecule is Cc1nnc(N2CC3CCC(O)C3C2)o1. The largest absolute Gasteiger partial charge is 0.408 e. The lowest BCUT2D eigenvalue weighted by molar-refractivity contribution is 0.133. The molecule has 3 unspecified atom stereocenters. The highest BCUT2D eigenvalue weighted by Crippen LogP contribution is 2.39. The summed E-state index contributed by atoms with van der Waals surface area (Å²) in [6.07, 6.45) is 1.94. The van der Waals surface area contributed by atoms with Gasteiger partial charge in [0.15, 0.2) is 0 Å². The third-order valence-electron chi connectivity index (χ3n) is 3.60. The minimum Gasteiger partial charge on any atom is -0.408 e. The van der Waals surface area contributed by atoms with Gasteiger partial charge in [0, 0.05) is 25.9 Å². The minimum atomic E-state index is -0.135. The van der Waals surface area contributed by atoms with Crippen molar-refractivity contribution in [3.05, 3.63) is 5.89 Å². The molecule has 1 aromatic heterocycles. The van der Waals surface area contributed by atoms with Crippen molar-refractivity contribution in [3.63, 3.8) is 0 Å². The van der Waals surface area contributed by atoms with Crippen LogP contribution in [-0.4, -0.2) is 34.5 Å². The van der Waals surface area contributed by atoms with Crippen LogP contribution in [0, 0.1) is 18.8 Å². The van der Waals surface area contributed by atoms with Gasteiger partial charge in [0.25, 0.3) is 0 Å². The van der Waals surface area contributed by atoms with Gasteiger partial charge in [0.05, 0.1) is 6.10 Å². The zero-order valence-electron chi connectivity index (χ0n) is 8.76. The van der Waals surface area contributed by atoms with E-state index in [1.165, 1.54) is 0 Å². The van der Waals surface area contributed by atoms with E-state index in [1.807, 2.05) is 0 Å². The number of aliphatic hydroxyl groups is 1. The van der Waals surface area contributed by atoms with Gasteiger partial charge in [0.2, 0.25) is 5.89 Å². The highest BCUT2D eigenvalue weighted by atomic mass is 16.4. The molecule has 0 spiro atoms. The first-order valence-corrected chi connectivity index (χ1v) is 5.47. The van der Waals surface area contributed by atoms with Gasteiger partial charge in [-0.05, 0) is 18.8 Å². The van der Waals surface area contributed by atoms with Crippen molar-refractivity contribution in [2.75, 3.05) is 18.0 Å². The molecule has 1 N–H and O–H groups in total. The van der Waals surface area contributed by atoms with E-state index in [0.717, 1.165) is 25.9 Å². The van der Waals surface area contributed by atoms with Gasteiger partial charge in [-0.3, -0.25) is 0 Å². The van der Waals surface area contributed by atoms with Gasteiger partial charge in [-0.1, -0.05) is 5.10 Å². The maximum atomic E-state index is 9.78. The quantitative estimate of drug-likeness (QED) is 0.733. The molecule has 1 aliphatic carbocycles. The second kappa shape index (κ2) is 3.20. The first-order valence-electron chi connectivity index (χ1n) is 5.47. The highest BCUT2D eigenvalue weighted by molar-refractivity contribution is 5.28. The Morgan fingerprint density at radius 3 is 2.87 bits per heavy atom. The van der Waals surface area contributed by atoms with Crippen LogP contribution in [0.25, 0.3) is 0 Å². The van der Waals surface area contributed by atoms with Crippen molar-refractivity contribution in [3.8, 4) is 0 Å². The summed E-state index contributed by atoms with van der Waals surface area (Å²) in [7, 11) is 0. The van der Waals surface area contributed by atoms with Crippen LogP contribution in [-0.2, 0) is 0 Å². The molecule has 1 aliphatic heterocycles. The Balaban J connectivity index is 1.77. The average molecular weight is 209 g/mol. The van der Waals surface area contributed by atoms with Gasteiger partial charge in [-0.25, -0.2) is 0 Å². The Morgan fingerprint density at radius 1 is 1.33 bits per heavy atom. The number of hydrogen-bond donors (Lipinski definition) is 1. The van der Waals surface area contributed by atoms with Crippen molar-refractivity contribution in [2.24, 2.45) is 11.8 Å². The smallest absolute Gasteiger partial charge is 0.318 e. The van der Waals surface area contributed by atoms with Crippen LogP contribution < -0.4 is 4.90 Å². The molecule has 5 heteroatoms. The van der Waals surface area contributed by atoms with Gasteiger partial charge in [0.1, 0.15) is 0 Å². The molecule has 2 heterocycles. The number of aromatic nitrogens is 2. The van der Waals surface area contributed by atoms with E-state index in [0.29, 0.717) is 23.7 Å². The minimum absolute atomic E-state index is 0.135. The lowest BCUT2D eigenvalue weighted by Gasteiger charge is -2.14. The zero-order valence-corrected chi connectivity index (χ0v) is 8.76. The molecule has 2 fully saturated rings. The van der Waals surface area contributed by atoms with Crippen LogP contribution in [0.3, 0.4) is 0 Å². The normalized spacial score (nSPS) is 34.8. The number of hydrogen-bond acceptors (Lipinski definition) is 5. The molecule has 0 bridgehead atoms. The summed E-state index contributed by atoms with van der Waals surface area (Å²) in [5.74, 6) is 1.60. The van der Waals surface area contributed by atoms with E-state index < -0.39 is 0 Å². The second-order valence-electron chi connectivity index (χ2n) is 4.58. The monoisotopic (exact) mass is 209 g/mol. The maximum Gasteiger partial charge on any atom is 0.318 e. The summed E-state index contributed by atoms with van der Waals surface area (Å²) in [4.78, 5) is 2.09. The molecule has 3 atom stereocenters. The van der Waals surface area contributed by atoms with Crippen LogP contribution in [0.5, 0.6) is 0 Å². The van der Waals surface area contributed by atoms with Crippen molar-refractivity contribution >= 4 is 6.01 Å². The third-order valence-corrected chi connectivity index (χ3v) is 3.60. The van der Waals surface area contributed by atoms with Crippen LogP contribution in [0.2, 0.25) is 0 Å². The Kier molecular flexibility index (Phi) is 1.95. The predicted octanol–water partition coefficient (Wildman–Crippen LogP) is 0.585. The van der Waals surface area contributed by atoms with E-state index in [9.17, 15) is 5.11 Å². The van der Waals surface area contributed by atoms with Gasteiger partial charge in [-0.2, -0.15) is 0 Å². The average Bonchev–Trinajstić information content (AvgIpc) is 2.84. The van der Waals surface area contributed by atoms with Gasteiger partial charge < -0.3 is 14.4 Å².